The Bertz CT molecular complexity index is 1100. The van der Waals surface area contributed by atoms with E-state index in [2.05, 4.69) is 15.7 Å². The number of hydrogen-bond donors (Lipinski definition) is 2. The number of carbonyl (C=O) groups excluding carboxylic acids is 2. The first-order valence-electron chi connectivity index (χ1n) is 9.33. The van der Waals surface area contributed by atoms with Crippen LogP contribution in [0.2, 0.25) is 0 Å². The van der Waals surface area contributed by atoms with Crippen LogP contribution < -0.4 is 20.9 Å². The van der Waals surface area contributed by atoms with Crippen molar-refractivity contribution in [2.45, 2.75) is 6.92 Å². The molecule has 9 nitrogen and oxygen atoms in total. The number of nitrogens with zero attached hydrogens (tertiary/aromatic N) is 3. The van der Waals surface area contributed by atoms with Crippen LogP contribution in [0.4, 0.5) is 0 Å². The van der Waals surface area contributed by atoms with Gasteiger partial charge in [0.2, 0.25) is 0 Å². The Morgan fingerprint density at radius 3 is 2.30 bits per heavy atom. The topological polar surface area (TPSA) is 107 Å². The molecule has 3 aromatic rings. The smallest absolute Gasteiger partial charge is 0.271 e. The number of nitrogens with one attached hydrogen (secondary N) is 2. The van der Waals surface area contributed by atoms with Crippen LogP contribution in [-0.2, 0) is 7.05 Å². The zero-order valence-corrected chi connectivity index (χ0v) is 17.0. The number of methoxy groups -OCH3 is 1. The highest BCUT2D eigenvalue weighted by atomic mass is 16.5. The van der Waals surface area contributed by atoms with Gasteiger partial charge in [-0.05, 0) is 43.3 Å². The van der Waals surface area contributed by atoms with Gasteiger partial charge in [0.1, 0.15) is 11.4 Å². The molecule has 0 bridgehead atoms. The molecule has 2 heterocycles. The summed E-state index contributed by atoms with van der Waals surface area (Å²) >= 11 is 0. The molecule has 2 aromatic heterocycles. The molecule has 156 valence electrons. The third-order valence-electron chi connectivity index (χ3n) is 4.57. The van der Waals surface area contributed by atoms with Crippen molar-refractivity contribution in [3.8, 4) is 11.4 Å². The predicted molar refractivity (Wildman–Crippen MR) is 111 cm³/mol. The molecule has 9 heteroatoms. The summed E-state index contributed by atoms with van der Waals surface area (Å²) in [5, 5.41) is 9.54. The Morgan fingerprint density at radius 1 is 1.03 bits per heavy atom. The summed E-state index contributed by atoms with van der Waals surface area (Å²) in [4.78, 5) is 36.7. The molecule has 0 radical (unpaired) electrons. The molecule has 2 N–H and O–H groups in total. The Kier molecular flexibility index (Phi) is 6.31. The highest BCUT2D eigenvalue weighted by Gasteiger charge is 2.11. The van der Waals surface area contributed by atoms with Crippen molar-refractivity contribution in [2.75, 3.05) is 20.2 Å². The van der Waals surface area contributed by atoms with E-state index in [4.69, 9.17) is 4.74 Å². The number of rotatable bonds is 7. The van der Waals surface area contributed by atoms with Crippen LogP contribution in [0, 0.1) is 6.92 Å². The normalized spacial score (nSPS) is 10.5. The standard InChI is InChI=1S/C21H23N5O4/c1-14-12-18(24-25(14)2)21(29)23-11-10-22-20(28)15-4-9-19(27)26(13-15)16-5-7-17(30-3)8-6-16/h4-9,12-13H,10-11H2,1-3H3,(H,22,28)(H,23,29). The van der Waals surface area contributed by atoms with E-state index < -0.39 is 0 Å². The minimum Gasteiger partial charge on any atom is -0.497 e. The largest absolute Gasteiger partial charge is 0.497 e. The van der Waals surface area contributed by atoms with Gasteiger partial charge < -0.3 is 15.4 Å². The second kappa shape index (κ2) is 9.08. The SMILES string of the molecule is COc1ccc(-n2cc(C(=O)NCCNC(=O)c3cc(C)n(C)n3)ccc2=O)cc1. The summed E-state index contributed by atoms with van der Waals surface area (Å²) in [6.45, 7) is 2.34. The van der Waals surface area contributed by atoms with Gasteiger partial charge in [-0.25, -0.2) is 0 Å². The maximum atomic E-state index is 12.4. The second-order valence-corrected chi connectivity index (χ2v) is 6.63. The number of ether oxygens (including phenoxy) is 1. The van der Waals surface area contributed by atoms with Gasteiger partial charge >= 0.3 is 0 Å². The molecular weight excluding hydrogens is 386 g/mol. The molecule has 3 rings (SSSR count). The number of hydrogen-bond acceptors (Lipinski definition) is 5. The lowest BCUT2D eigenvalue weighted by atomic mass is 10.2. The van der Waals surface area contributed by atoms with E-state index in [1.807, 2.05) is 6.92 Å². The molecule has 0 spiro atoms. The van der Waals surface area contributed by atoms with E-state index in [0.29, 0.717) is 22.7 Å². The van der Waals surface area contributed by atoms with Crippen molar-refractivity contribution in [2.24, 2.45) is 7.05 Å². The van der Waals surface area contributed by atoms with E-state index in [-0.39, 0.29) is 30.5 Å². The fraction of sp³-hybridized carbons (Fsp3) is 0.238. The van der Waals surface area contributed by atoms with Crippen molar-refractivity contribution >= 4 is 11.8 Å². The lowest BCUT2D eigenvalue weighted by Crippen LogP contribution is -2.35. The van der Waals surface area contributed by atoms with Gasteiger partial charge in [0.15, 0.2) is 0 Å². The van der Waals surface area contributed by atoms with Crippen LogP contribution in [0.1, 0.15) is 26.5 Å². The molecule has 0 aliphatic carbocycles. The minimum absolute atomic E-state index is 0.234. The van der Waals surface area contributed by atoms with Crippen molar-refractivity contribution in [3.05, 3.63) is 76.0 Å². The monoisotopic (exact) mass is 409 g/mol. The zero-order valence-electron chi connectivity index (χ0n) is 17.0. The average molecular weight is 409 g/mol. The van der Waals surface area contributed by atoms with E-state index in [1.165, 1.54) is 22.9 Å². The molecule has 0 saturated carbocycles. The van der Waals surface area contributed by atoms with Crippen LogP contribution in [0.5, 0.6) is 5.75 Å². The number of aromatic nitrogens is 3. The van der Waals surface area contributed by atoms with Crippen molar-refractivity contribution in [1.29, 1.82) is 0 Å². The maximum absolute atomic E-state index is 12.4. The van der Waals surface area contributed by atoms with E-state index in [1.54, 1.807) is 49.2 Å². The average Bonchev–Trinajstić information content (AvgIpc) is 3.10. The van der Waals surface area contributed by atoms with E-state index in [9.17, 15) is 14.4 Å². The Labute approximate surface area is 173 Å². The Balaban J connectivity index is 1.58. The minimum atomic E-state index is -0.347. The summed E-state index contributed by atoms with van der Waals surface area (Å²) in [5.41, 5.74) is 1.90. The van der Waals surface area contributed by atoms with Gasteiger partial charge in [0.25, 0.3) is 17.4 Å². The summed E-state index contributed by atoms with van der Waals surface area (Å²) in [6, 6.07) is 11.4. The molecule has 0 atom stereocenters. The van der Waals surface area contributed by atoms with Gasteiger partial charge in [0.05, 0.1) is 12.7 Å². The highest BCUT2D eigenvalue weighted by Crippen LogP contribution is 2.14. The Morgan fingerprint density at radius 2 is 1.70 bits per heavy atom. The van der Waals surface area contributed by atoms with Gasteiger partial charge in [-0.3, -0.25) is 23.6 Å². The fourth-order valence-corrected chi connectivity index (χ4v) is 2.78. The van der Waals surface area contributed by atoms with E-state index in [0.717, 1.165) is 5.69 Å². The van der Waals surface area contributed by atoms with Crippen LogP contribution in [-0.4, -0.2) is 46.4 Å². The maximum Gasteiger partial charge on any atom is 0.271 e. The van der Waals surface area contributed by atoms with Gasteiger partial charge in [-0.1, -0.05) is 0 Å². The molecule has 2 amide bonds. The van der Waals surface area contributed by atoms with Gasteiger partial charge in [0, 0.05) is 43.8 Å². The van der Waals surface area contributed by atoms with Crippen LogP contribution in [0.25, 0.3) is 5.69 Å². The molecule has 0 unspecified atom stereocenters. The molecule has 0 saturated heterocycles. The first kappa shape index (κ1) is 20.8. The predicted octanol–water partition coefficient (Wildman–Crippen LogP) is 1.05. The summed E-state index contributed by atoms with van der Waals surface area (Å²) in [5.74, 6) is 0.0183. The third-order valence-corrected chi connectivity index (χ3v) is 4.57. The summed E-state index contributed by atoms with van der Waals surface area (Å²) < 4.78 is 8.13. The molecular formula is C21H23N5O4. The molecule has 0 aliphatic rings. The van der Waals surface area contributed by atoms with Gasteiger partial charge in [-0.2, -0.15) is 5.10 Å². The Hall–Kier alpha value is -3.88. The zero-order chi connectivity index (χ0) is 21.7. The molecule has 0 fully saturated rings. The lowest BCUT2D eigenvalue weighted by molar-refractivity contribution is 0.0924. The lowest BCUT2D eigenvalue weighted by Gasteiger charge is -2.10. The summed E-state index contributed by atoms with van der Waals surface area (Å²) in [6.07, 6.45) is 1.48. The first-order chi connectivity index (χ1) is 14.4. The van der Waals surface area contributed by atoms with Crippen LogP contribution in [0.15, 0.2) is 53.5 Å². The number of pyridine rings is 1. The highest BCUT2D eigenvalue weighted by molar-refractivity contribution is 5.94. The number of amides is 2. The fourth-order valence-electron chi connectivity index (χ4n) is 2.78. The quantitative estimate of drug-likeness (QED) is 0.567. The number of benzene rings is 1. The first-order valence-corrected chi connectivity index (χ1v) is 9.33. The number of carbonyl (C=O) groups is 2. The van der Waals surface area contributed by atoms with Crippen molar-refractivity contribution in [3.63, 3.8) is 0 Å². The van der Waals surface area contributed by atoms with Crippen LogP contribution in [0.3, 0.4) is 0 Å². The third kappa shape index (κ3) is 4.75. The van der Waals surface area contributed by atoms with Crippen molar-refractivity contribution in [1.82, 2.24) is 25.0 Å². The molecule has 0 aliphatic heterocycles. The second-order valence-electron chi connectivity index (χ2n) is 6.63. The van der Waals surface area contributed by atoms with Gasteiger partial charge in [-0.15, -0.1) is 0 Å². The van der Waals surface area contributed by atoms with Crippen molar-refractivity contribution < 1.29 is 14.3 Å². The number of aryl methyl sites for hydroxylation is 2. The molecule has 1 aromatic carbocycles. The van der Waals surface area contributed by atoms with E-state index >= 15 is 0 Å². The molecule has 30 heavy (non-hydrogen) atoms. The van der Waals surface area contributed by atoms with Crippen LogP contribution >= 0.6 is 0 Å². The summed E-state index contributed by atoms with van der Waals surface area (Å²) in [7, 11) is 3.32.